The van der Waals surface area contributed by atoms with Crippen LogP contribution in [0.4, 0.5) is 10.5 Å². The van der Waals surface area contributed by atoms with Gasteiger partial charge in [-0.2, -0.15) is 0 Å². The molecule has 1 aliphatic heterocycles. The summed E-state index contributed by atoms with van der Waals surface area (Å²) in [4.78, 5) is 31.8. The van der Waals surface area contributed by atoms with Crippen LogP contribution in [0.3, 0.4) is 0 Å². The molecule has 0 unspecified atom stereocenters. The van der Waals surface area contributed by atoms with Crippen LogP contribution in [0.25, 0.3) is 0 Å². The highest BCUT2D eigenvalue weighted by molar-refractivity contribution is 6.05. The summed E-state index contributed by atoms with van der Waals surface area (Å²) in [6.07, 6.45) is 3.44. The fourth-order valence-electron chi connectivity index (χ4n) is 1.34. The molecule has 1 aromatic rings. The second-order valence-corrected chi connectivity index (χ2v) is 3.24. The van der Waals surface area contributed by atoms with Gasteiger partial charge in [-0.05, 0) is 6.92 Å². The lowest BCUT2D eigenvalue weighted by Gasteiger charge is -2.25. The van der Waals surface area contributed by atoms with Crippen molar-refractivity contribution in [1.29, 1.82) is 0 Å². The highest BCUT2D eigenvalue weighted by atomic mass is 16.2. The summed E-state index contributed by atoms with van der Waals surface area (Å²) in [6, 6.07) is -0.418. The number of urea groups is 1. The van der Waals surface area contributed by atoms with E-state index in [-0.39, 0.29) is 5.91 Å². The Balaban J connectivity index is 2.20. The minimum absolute atomic E-state index is 0.246. The number of nitrogens with one attached hydrogen (secondary N) is 1. The zero-order valence-corrected chi connectivity index (χ0v) is 8.23. The number of amides is 3. The third kappa shape index (κ3) is 1.93. The molecule has 0 spiro atoms. The summed E-state index contributed by atoms with van der Waals surface area (Å²) in [5.74, 6) is 0.400. The van der Waals surface area contributed by atoms with E-state index in [1.807, 2.05) is 0 Å². The van der Waals surface area contributed by atoms with Gasteiger partial charge in [0, 0.05) is 13.0 Å². The first-order valence-corrected chi connectivity index (χ1v) is 4.57. The molecule has 0 saturated carbocycles. The number of nitrogens with zero attached hydrogens (tertiary/aromatic N) is 3. The molecule has 6 nitrogen and oxygen atoms in total. The number of imide groups is 1. The van der Waals surface area contributed by atoms with Gasteiger partial charge in [0.1, 0.15) is 5.82 Å². The summed E-state index contributed by atoms with van der Waals surface area (Å²) >= 11 is 0. The largest absolute Gasteiger partial charge is 0.328 e. The molecule has 0 radical (unpaired) electrons. The van der Waals surface area contributed by atoms with E-state index in [0.29, 0.717) is 24.5 Å². The lowest BCUT2D eigenvalue weighted by molar-refractivity contribution is -0.120. The number of hydrogen-bond acceptors (Lipinski definition) is 4. The molecular formula is C9H10N4O2. The molecule has 2 rings (SSSR count). The van der Waals surface area contributed by atoms with E-state index < -0.39 is 6.03 Å². The van der Waals surface area contributed by atoms with Gasteiger partial charge in [0.2, 0.25) is 5.91 Å². The van der Waals surface area contributed by atoms with E-state index in [9.17, 15) is 9.59 Å². The van der Waals surface area contributed by atoms with Crippen LogP contribution in [0.2, 0.25) is 0 Å². The summed E-state index contributed by atoms with van der Waals surface area (Å²) in [7, 11) is 0. The summed E-state index contributed by atoms with van der Waals surface area (Å²) in [5.41, 5.74) is 0.602. The third-order valence-electron chi connectivity index (χ3n) is 2.13. The van der Waals surface area contributed by atoms with Crippen molar-refractivity contribution in [2.45, 2.75) is 13.3 Å². The van der Waals surface area contributed by atoms with E-state index in [0.717, 1.165) is 0 Å². The Morgan fingerprint density at radius 3 is 2.60 bits per heavy atom. The Morgan fingerprint density at radius 1 is 1.33 bits per heavy atom. The van der Waals surface area contributed by atoms with Crippen LogP contribution in [0.15, 0.2) is 12.4 Å². The molecule has 1 aromatic heterocycles. The number of rotatable bonds is 1. The first-order chi connectivity index (χ1) is 7.16. The van der Waals surface area contributed by atoms with Gasteiger partial charge >= 0.3 is 6.03 Å². The highest BCUT2D eigenvalue weighted by Crippen LogP contribution is 2.14. The van der Waals surface area contributed by atoms with E-state index in [1.54, 1.807) is 19.3 Å². The predicted octanol–water partition coefficient (Wildman–Crippen LogP) is 0.231. The first kappa shape index (κ1) is 9.57. The van der Waals surface area contributed by atoms with E-state index in [1.165, 1.54) is 4.90 Å². The van der Waals surface area contributed by atoms with Crippen molar-refractivity contribution < 1.29 is 9.59 Å². The molecule has 1 N–H and O–H groups in total. The Labute approximate surface area is 86.3 Å². The van der Waals surface area contributed by atoms with Gasteiger partial charge in [0.25, 0.3) is 0 Å². The molecule has 78 valence electrons. The van der Waals surface area contributed by atoms with Gasteiger partial charge in [-0.25, -0.2) is 14.8 Å². The van der Waals surface area contributed by atoms with Crippen molar-refractivity contribution in [2.24, 2.45) is 0 Å². The van der Waals surface area contributed by atoms with Crippen molar-refractivity contribution in [1.82, 2.24) is 15.3 Å². The molecule has 1 saturated heterocycles. The molecular weight excluding hydrogens is 196 g/mol. The van der Waals surface area contributed by atoms with Crippen LogP contribution in [0.5, 0.6) is 0 Å². The maximum absolute atomic E-state index is 11.4. The van der Waals surface area contributed by atoms with Gasteiger partial charge in [0.05, 0.1) is 18.1 Å². The number of hydrogen-bond donors (Lipinski definition) is 1. The molecule has 15 heavy (non-hydrogen) atoms. The molecule has 1 fully saturated rings. The summed E-state index contributed by atoms with van der Waals surface area (Å²) in [6.45, 7) is 2.14. The standard InChI is InChI=1S/C9H10N4O2/c1-6-10-4-7(5-11-6)13-3-2-8(14)12-9(13)15/h4-5H,2-3H2,1H3,(H,12,14,15). The lowest BCUT2D eigenvalue weighted by atomic mass is 10.3. The maximum Gasteiger partial charge on any atom is 0.328 e. The Hall–Kier alpha value is -1.98. The topological polar surface area (TPSA) is 75.2 Å². The highest BCUT2D eigenvalue weighted by Gasteiger charge is 2.24. The molecule has 0 aliphatic carbocycles. The van der Waals surface area contributed by atoms with Gasteiger partial charge < -0.3 is 0 Å². The van der Waals surface area contributed by atoms with Crippen LogP contribution in [0, 0.1) is 6.92 Å². The zero-order chi connectivity index (χ0) is 10.8. The van der Waals surface area contributed by atoms with Crippen molar-refractivity contribution in [2.75, 3.05) is 11.4 Å². The molecule has 2 heterocycles. The van der Waals surface area contributed by atoms with Gasteiger partial charge in [-0.15, -0.1) is 0 Å². The second-order valence-electron chi connectivity index (χ2n) is 3.24. The number of carbonyl (C=O) groups excluding carboxylic acids is 2. The first-order valence-electron chi connectivity index (χ1n) is 4.57. The smallest absolute Gasteiger partial charge is 0.291 e. The fraction of sp³-hybridized carbons (Fsp3) is 0.333. The molecule has 3 amide bonds. The Kier molecular flexibility index (Phi) is 2.32. The number of anilines is 1. The van der Waals surface area contributed by atoms with Gasteiger partial charge in [-0.1, -0.05) is 0 Å². The number of aryl methyl sites for hydroxylation is 1. The van der Waals surface area contributed by atoms with Crippen LogP contribution < -0.4 is 10.2 Å². The van der Waals surface area contributed by atoms with Gasteiger partial charge in [0.15, 0.2) is 0 Å². The van der Waals surface area contributed by atoms with Crippen molar-refractivity contribution in [3.63, 3.8) is 0 Å². The maximum atomic E-state index is 11.4. The fourth-order valence-corrected chi connectivity index (χ4v) is 1.34. The SMILES string of the molecule is Cc1ncc(N2CCC(=O)NC2=O)cn1. The monoisotopic (exact) mass is 206 g/mol. The minimum Gasteiger partial charge on any atom is -0.291 e. The van der Waals surface area contributed by atoms with Crippen molar-refractivity contribution in [3.8, 4) is 0 Å². The van der Waals surface area contributed by atoms with Crippen LogP contribution in [-0.2, 0) is 4.79 Å². The van der Waals surface area contributed by atoms with Crippen molar-refractivity contribution in [3.05, 3.63) is 18.2 Å². The van der Waals surface area contributed by atoms with Crippen LogP contribution in [-0.4, -0.2) is 28.5 Å². The Bertz CT molecular complexity index is 401. The van der Waals surface area contributed by atoms with E-state index in [2.05, 4.69) is 15.3 Å². The number of aromatic nitrogens is 2. The second kappa shape index (κ2) is 3.64. The molecule has 6 heteroatoms. The molecule has 0 aromatic carbocycles. The van der Waals surface area contributed by atoms with Crippen LogP contribution in [0.1, 0.15) is 12.2 Å². The quantitative estimate of drug-likeness (QED) is 0.713. The minimum atomic E-state index is -0.418. The van der Waals surface area contributed by atoms with Gasteiger partial charge in [-0.3, -0.25) is 15.0 Å². The number of carbonyl (C=O) groups is 2. The molecule has 1 aliphatic rings. The Morgan fingerprint density at radius 2 is 2.00 bits per heavy atom. The lowest BCUT2D eigenvalue weighted by Crippen LogP contribution is -2.49. The summed E-state index contributed by atoms with van der Waals surface area (Å²) < 4.78 is 0. The third-order valence-corrected chi connectivity index (χ3v) is 2.13. The molecule has 0 atom stereocenters. The van der Waals surface area contributed by atoms with Crippen LogP contribution >= 0.6 is 0 Å². The van der Waals surface area contributed by atoms with E-state index >= 15 is 0 Å². The average Bonchev–Trinajstić information content (AvgIpc) is 2.20. The normalized spacial score (nSPS) is 16.5. The zero-order valence-electron chi connectivity index (χ0n) is 8.23. The van der Waals surface area contributed by atoms with E-state index in [4.69, 9.17) is 0 Å². The van der Waals surface area contributed by atoms with Crippen molar-refractivity contribution >= 4 is 17.6 Å². The average molecular weight is 206 g/mol. The molecule has 0 bridgehead atoms. The summed E-state index contributed by atoms with van der Waals surface area (Å²) in [5, 5.41) is 2.23. The predicted molar refractivity (Wildman–Crippen MR) is 52.3 cm³/mol.